The van der Waals surface area contributed by atoms with Gasteiger partial charge in [0.1, 0.15) is 30.2 Å². The van der Waals surface area contributed by atoms with Crippen LogP contribution in [0.5, 0.6) is 5.75 Å². The largest absolute Gasteiger partial charge is 0.460 e. The summed E-state index contributed by atoms with van der Waals surface area (Å²) in [5.41, 5.74) is 6.04. The van der Waals surface area contributed by atoms with E-state index in [4.69, 9.17) is 20.3 Å². The molecule has 2 rings (SSSR count). The fourth-order valence-electron chi connectivity index (χ4n) is 1.88. The molecular weight excluding hydrogens is 254 g/mol. The maximum atomic E-state index is 9.79. The second kappa shape index (κ2) is 5.72. The van der Waals surface area contributed by atoms with E-state index in [1.165, 1.54) is 0 Å². The number of benzene rings is 1. The SMILES string of the molecule is Nc1ccccc1O[C@@H]1O[C@@H](CO)[C@@H](O)[C@@H](O)[C@H]1O. The van der Waals surface area contributed by atoms with E-state index < -0.39 is 37.3 Å². The van der Waals surface area contributed by atoms with Crippen molar-refractivity contribution in [2.75, 3.05) is 12.3 Å². The van der Waals surface area contributed by atoms with Crippen molar-refractivity contribution in [3.63, 3.8) is 0 Å². The number of hydrogen-bond donors (Lipinski definition) is 5. The van der Waals surface area contributed by atoms with Crippen molar-refractivity contribution in [1.29, 1.82) is 0 Å². The van der Waals surface area contributed by atoms with Crippen LogP contribution in [0, 0.1) is 0 Å². The van der Waals surface area contributed by atoms with Gasteiger partial charge in [-0.05, 0) is 12.1 Å². The molecule has 0 spiro atoms. The lowest BCUT2D eigenvalue weighted by molar-refractivity contribution is -0.277. The molecule has 19 heavy (non-hydrogen) atoms. The quantitative estimate of drug-likeness (QED) is 0.421. The van der Waals surface area contributed by atoms with Crippen molar-refractivity contribution in [3.05, 3.63) is 24.3 Å². The van der Waals surface area contributed by atoms with Gasteiger partial charge < -0.3 is 35.6 Å². The molecule has 1 fully saturated rings. The van der Waals surface area contributed by atoms with Crippen LogP contribution in [0.1, 0.15) is 0 Å². The summed E-state index contributed by atoms with van der Waals surface area (Å²) < 4.78 is 10.6. The highest BCUT2D eigenvalue weighted by atomic mass is 16.7. The normalized spacial score (nSPS) is 35.1. The van der Waals surface area contributed by atoms with Gasteiger partial charge in [-0.15, -0.1) is 0 Å². The molecule has 0 unspecified atom stereocenters. The number of ether oxygens (including phenoxy) is 2. The number of rotatable bonds is 3. The summed E-state index contributed by atoms with van der Waals surface area (Å²) in [6, 6.07) is 6.60. The Labute approximate surface area is 109 Å². The minimum absolute atomic E-state index is 0.284. The molecule has 0 aliphatic carbocycles. The molecule has 106 valence electrons. The number of hydrogen-bond acceptors (Lipinski definition) is 7. The van der Waals surface area contributed by atoms with Crippen molar-refractivity contribution >= 4 is 5.69 Å². The van der Waals surface area contributed by atoms with E-state index in [2.05, 4.69) is 0 Å². The van der Waals surface area contributed by atoms with E-state index in [9.17, 15) is 15.3 Å². The van der Waals surface area contributed by atoms with Crippen molar-refractivity contribution in [2.45, 2.75) is 30.7 Å². The van der Waals surface area contributed by atoms with Crippen molar-refractivity contribution in [2.24, 2.45) is 0 Å². The van der Waals surface area contributed by atoms with E-state index >= 15 is 0 Å². The second-order valence-electron chi connectivity index (χ2n) is 4.35. The Hall–Kier alpha value is -1.38. The Morgan fingerprint density at radius 3 is 2.42 bits per heavy atom. The third-order valence-electron chi connectivity index (χ3n) is 3.01. The number of anilines is 1. The van der Waals surface area contributed by atoms with Crippen LogP contribution in [0.25, 0.3) is 0 Å². The Morgan fingerprint density at radius 2 is 1.79 bits per heavy atom. The number of aliphatic hydroxyl groups excluding tert-OH is 4. The molecule has 7 nitrogen and oxygen atoms in total. The fourth-order valence-corrected chi connectivity index (χ4v) is 1.88. The summed E-state index contributed by atoms with van der Waals surface area (Å²) >= 11 is 0. The Morgan fingerprint density at radius 1 is 1.11 bits per heavy atom. The third-order valence-corrected chi connectivity index (χ3v) is 3.01. The van der Waals surface area contributed by atoms with E-state index in [0.29, 0.717) is 5.69 Å². The molecular formula is C12H17NO6. The maximum absolute atomic E-state index is 9.79. The zero-order chi connectivity index (χ0) is 14.0. The van der Waals surface area contributed by atoms with Crippen molar-refractivity contribution in [3.8, 4) is 5.75 Å². The summed E-state index contributed by atoms with van der Waals surface area (Å²) in [4.78, 5) is 0. The number of para-hydroxylation sites is 2. The predicted octanol–water partition coefficient (Wildman–Crippen LogP) is -1.55. The zero-order valence-corrected chi connectivity index (χ0v) is 10.1. The molecule has 0 radical (unpaired) electrons. The van der Waals surface area contributed by atoms with E-state index in [1.54, 1.807) is 24.3 Å². The van der Waals surface area contributed by atoms with Crippen LogP contribution >= 0.6 is 0 Å². The Bertz CT molecular complexity index is 426. The van der Waals surface area contributed by atoms with Crippen LogP contribution in [-0.2, 0) is 4.74 Å². The summed E-state index contributed by atoms with van der Waals surface area (Å²) in [6.07, 6.45) is -6.56. The topological polar surface area (TPSA) is 125 Å². The van der Waals surface area contributed by atoms with Crippen LogP contribution in [0.3, 0.4) is 0 Å². The van der Waals surface area contributed by atoms with Gasteiger partial charge in [-0.2, -0.15) is 0 Å². The second-order valence-corrected chi connectivity index (χ2v) is 4.35. The molecule has 1 heterocycles. The van der Waals surface area contributed by atoms with Crippen LogP contribution in [0.2, 0.25) is 0 Å². The first-order chi connectivity index (χ1) is 9.04. The summed E-state index contributed by atoms with van der Waals surface area (Å²) in [6.45, 7) is -0.505. The van der Waals surface area contributed by atoms with Gasteiger partial charge in [-0.25, -0.2) is 0 Å². The molecule has 1 aliphatic heterocycles. The monoisotopic (exact) mass is 271 g/mol. The first-order valence-electron chi connectivity index (χ1n) is 5.86. The number of nitrogens with two attached hydrogens (primary N) is 1. The van der Waals surface area contributed by atoms with E-state index in [1.807, 2.05) is 0 Å². The number of aliphatic hydroxyl groups is 4. The first kappa shape index (κ1) is 14.0. The van der Waals surface area contributed by atoms with Gasteiger partial charge in [0.2, 0.25) is 6.29 Å². The Balaban J connectivity index is 2.13. The van der Waals surface area contributed by atoms with Crippen molar-refractivity contribution < 1.29 is 29.9 Å². The highest BCUT2D eigenvalue weighted by molar-refractivity contribution is 5.51. The highest BCUT2D eigenvalue weighted by Crippen LogP contribution is 2.27. The average molecular weight is 271 g/mol. The van der Waals surface area contributed by atoms with Gasteiger partial charge in [0, 0.05) is 0 Å². The van der Waals surface area contributed by atoms with Crippen LogP contribution in [0.15, 0.2) is 24.3 Å². The van der Waals surface area contributed by atoms with Crippen LogP contribution in [-0.4, -0.2) is 57.7 Å². The Kier molecular flexibility index (Phi) is 4.23. The smallest absolute Gasteiger partial charge is 0.229 e. The molecule has 0 bridgehead atoms. The predicted molar refractivity (Wildman–Crippen MR) is 65.2 cm³/mol. The molecule has 7 heteroatoms. The summed E-state index contributed by atoms with van der Waals surface area (Å²) in [5, 5.41) is 38.1. The fraction of sp³-hybridized carbons (Fsp3) is 0.500. The third kappa shape index (κ3) is 2.80. The molecule has 1 aliphatic rings. The van der Waals surface area contributed by atoms with Gasteiger partial charge in [-0.1, -0.05) is 12.1 Å². The summed E-state index contributed by atoms with van der Waals surface area (Å²) in [7, 11) is 0. The molecule has 5 atom stereocenters. The molecule has 1 saturated heterocycles. The van der Waals surface area contributed by atoms with Crippen molar-refractivity contribution in [1.82, 2.24) is 0 Å². The molecule has 0 amide bonds. The van der Waals surface area contributed by atoms with Gasteiger partial charge >= 0.3 is 0 Å². The van der Waals surface area contributed by atoms with Gasteiger partial charge in [-0.3, -0.25) is 0 Å². The lowest BCUT2D eigenvalue weighted by Gasteiger charge is -2.39. The highest BCUT2D eigenvalue weighted by Gasteiger charge is 2.44. The molecule has 0 saturated carbocycles. The molecule has 6 N–H and O–H groups in total. The number of nitrogen functional groups attached to an aromatic ring is 1. The standard InChI is InChI=1S/C12H17NO6/c13-6-3-1-2-4-7(6)18-12-11(17)10(16)9(15)8(5-14)19-12/h1-4,8-12,14-17H,5,13H2/t8-,9+,10+,11+,12+/m0/s1. The molecule has 1 aromatic rings. The minimum atomic E-state index is -1.47. The molecule has 0 aromatic heterocycles. The van der Waals surface area contributed by atoms with Crippen LogP contribution < -0.4 is 10.5 Å². The minimum Gasteiger partial charge on any atom is -0.460 e. The van der Waals surface area contributed by atoms with Gasteiger partial charge in [0.05, 0.1) is 12.3 Å². The maximum Gasteiger partial charge on any atom is 0.229 e. The zero-order valence-electron chi connectivity index (χ0n) is 10.1. The van der Waals surface area contributed by atoms with E-state index in [0.717, 1.165) is 0 Å². The van der Waals surface area contributed by atoms with Crippen LogP contribution in [0.4, 0.5) is 5.69 Å². The first-order valence-corrected chi connectivity index (χ1v) is 5.86. The van der Waals surface area contributed by atoms with Gasteiger partial charge in [0.25, 0.3) is 0 Å². The molecule has 1 aromatic carbocycles. The lowest BCUT2D eigenvalue weighted by atomic mass is 9.99. The summed E-state index contributed by atoms with van der Waals surface area (Å²) in [5.74, 6) is 0.284. The van der Waals surface area contributed by atoms with Gasteiger partial charge in [0.15, 0.2) is 0 Å². The average Bonchev–Trinajstić information content (AvgIpc) is 2.41. The lowest BCUT2D eigenvalue weighted by Crippen LogP contribution is -2.60. The van der Waals surface area contributed by atoms with E-state index in [-0.39, 0.29) is 5.75 Å².